The summed E-state index contributed by atoms with van der Waals surface area (Å²) < 4.78 is 0. The Morgan fingerprint density at radius 3 is 2.60 bits per heavy atom. The lowest BCUT2D eigenvalue weighted by molar-refractivity contribution is -0.140. The predicted octanol–water partition coefficient (Wildman–Crippen LogP) is 3.53. The Hall–Kier alpha value is -1.45. The number of fused-ring (bicyclic) bond motifs is 4. The molecule has 0 radical (unpaired) electrons. The van der Waals surface area contributed by atoms with Gasteiger partial charge in [0.15, 0.2) is 0 Å². The fourth-order valence-corrected chi connectivity index (χ4v) is 7.48. The van der Waals surface area contributed by atoms with Crippen LogP contribution in [0.15, 0.2) is 12.5 Å². The van der Waals surface area contributed by atoms with E-state index in [-0.39, 0.29) is 6.04 Å². The van der Waals surface area contributed by atoms with Gasteiger partial charge in [-0.2, -0.15) is 0 Å². The van der Waals surface area contributed by atoms with E-state index < -0.39 is 0 Å². The molecule has 2 atom stereocenters. The maximum Gasteiger partial charge on any atom is 0.223 e. The molecule has 2 unspecified atom stereocenters. The van der Waals surface area contributed by atoms with Crippen molar-refractivity contribution >= 4 is 5.91 Å². The second-order valence-corrected chi connectivity index (χ2v) is 9.48. The van der Waals surface area contributed by atoms with Crippen LogP contribution >= 0.6 is 0 Å². The number of rotatable bonds is 2. The SMILES string of the molecule is O=C(CC1C2CC3CC(C2)CC1C3)N1C2CCC1c1cncnc1C2. The van der Waals surface area contributed by atoms with Gasteiger partial charge in [0.25, 0.3) is 0 Å². The van der Waals surface area contributed by atoms with E-state index in [0.717, 1.165) is 49.4 Å². The lowest BCUT2D eigenvalue weighted by atomic mass is 9.51. The van der Waals surface area contributed by atoms with Crippen molar-refractivity contribution in [3.05, 3.63) is 23.8 Å². The van der Waals surface area contributed by atoms with Crippen LogP contribution in [0.25, 0.3) is 0 Å². The van der Waals surface area contributed by atoms with Crippen LogP contribution in [-0.4, -0.2) is 26.8 Å². The molecule has 2 aliphatic heterocycles. The Morgan fingerprint density at radius 2 is 1.84 bits per heavy atom. The highest BCUT2D eigenvalue weighted by molar-refractivity contribution is 5.78. The number of carbonyl (C=O) groups excluding carboxylic acids is 1. The highest BCUT2D eigenvalue weighted by Crippen LogP contribution is 2.57. The van der Waals surface area contributed by atoms with Crippen LogP contribution in [0, 0.1) is 29.6 Å². The number of nitrogens with zero attached hydrogens (tertiary/aromatic N) is 3. The third-order valence-electron chi connectivity index (χ3n) is 8.24. The van der Waals surface area contributed by atoms with Gasteiger partial charge < -0.3 is 4.90 Å². The van der Waals surface area contributed by atoms with Crippen LogP contribution in [0.5, 0.6) is 0 Å². The van der Waals surface area contributed by atoms with Crippen molar-refractivity contribution in [2.24, 2.45) is 29.6 Å². The molecule has 4 saturated carbocycles. The standard InChI is InChI=1S/C21H27N3O/c25-21(9-17-14-4-12-3-13(6-14)7-15(17)5-12)24-16-1-2-20(24)18-10-22-11-23-19(18)8-16/h10-17,20H,1-9H2. The zero-order valence-electron chi connectivity index (χ0n) is 14.8. The summed E-state index contributed by atoms with van der Waals surface area (Å²) in [7, 11) is 0. The van der Waals surface area contributed by atoms with Crippen LogP contribution in [0.4, 0.5) is 0 Å². The highest BCUT2D eigenvalue weighted by Gasteiger charge is 2.50. The summed E-state index contributed by atoms with van der Waals surface area (Å²) in [4.78, 5) is 24.3. The zero-order chi connectivity index (χ0) is 16.5. The smallest absolute Gasteiger partial charge is 0.223 e. The van der Waals surface area contributed by atoms with Gasteiger partial charge in [-0.05, 0) is 74.5 Å². The Morgan fingerprint density at radius 1 is 1.08 bits per heavy atom. The van der Waals surface area contributed by atoms with Crippen molar-refractivity contribution in [3.8, 4) is 0 Å². The molecule has 4 aliphatic carbocycles. The molecule has 1 amide bonds. The Kier molecular flexibility index (Phi) is 3.10. The van der Waals surface area contributed by atoms with Gasteiger partial charge >= 0.3 is 0 Å². The largest absolute Gasteiger partial charge is 0.332 e. The van der Waals surface area contributed by atoms with E-state index in [2.05, 4.69) is 14.9 Å². The molecule has 1 saturated heterocycles. The van der Waals surface area contributed by atoms with Crippen molar-refractivity contribution in [2.75, 3.05) is 0 Å². The van der Waals surface area contributed by atoms with E-state index in [1.165, 1.54) is 43.4 Å². The van der Waals surface area contributed by atoms with Gasteiger partial charge in [-0.3, -0.25) is 4.79 Å². The quantitative estimate of drug-likeness (QED) is 0.829. The minimum atomic E-state index is 0.249. The summed E-state index contributed by atoms with van der Waals surface area (Å²) >= 11 is 0. The molecule has 6 bridgehead atoms. The number of aromatic nitrogens is 2. The normalized spacial score (nSPS) is 43.4. The van der Waals surface area contributed by atoms with E-state index in [9.17, 15) is 4.79 Å². The van der Waals surface area contributed by atoms with Crippen molar-refractivity contribution in [2.45, 2.75) is 69.9 Å². The van der Waals surface area contributed by atoms with Gasteiger partial charge in [-0.15, -0.1) is 0 Å². The van der Waals surface area contributed by atoms with E-state index in [1.54, 1.807) is 6.33 Å². The number of hydrogen-bond acceptors (Lipinski definition) is 3. The molecule has 4 nitrogen and oxygen atoms in total. The third-order valence-corrected chi connectivity index (χ3v) is 8.24. The van der Waals surface area contributed by atoms with Crippen molar-refractivity contribution in [1.82, 2.24) is 14.9 Å². The maximum atomic E-state index is 13.3. The molecule has 0 aromatic carbocycles. The first-order valence-electron chi connectivity index (χ1n) is 10.4. The minimum Gasteiger partial charge on any atom is -0.332 e. The lowest BCUT2D eigenvalue weighted by Gasteiger charge is -2.54. The summed E-state index contributed by atoms with van der Waals surface area (Å²) in [5.74, 6) is 4.78. The van der Waals surface area contributed by atoms with Crippen LogP contribution < -0.4 is 0 Å². The zero-order valence-corrected chi connectivity index (χ0v) is 14.8. The molecule has 5 fully saturated rings. The molecular formula is C21H27N3O. The van der Waals surface area contributed by atoms with Crippen molar-refractivity contribution in [3.63, 3.8) is 0 Å². The van der Waals surface area contributed by atoms with Crippen molar-refractivity contribution < 1.29 is 4.79 Å². The summed E-state index contributed by atoms with van der Waals surface area (Å²) in [5.41, 5.74) is 2.40. The molecule has 1 aromatic rings. The van der Waals surface area contributed by atoms with Gasteiger partial charge in [-0.1, -0.05) is 0 Å². The molecule has 132 valence electrons. The summed E-state index contributed by atoms with van der Waals surface area (Å²) in [6.07, 6.45) is 14.7. The maximum absolute atomic E-state index is 13.3. The van der Waals surface area contributed by atoms with Crippen LogP contribution in [0.3, 0.4) is 0 Å². The molecule has 4 heteroatoms. The fourth-order valence-electron chi connectivity index (χ4n) is 7.48. The van der Waals surface area contributed by atoms with E-state index in [1.807, 2.05) is 6.20 Å². The summed E-state index contributed by atoms with van der Waals surface area (Å²) in [6, 6.07) is 0.635. The molecule has 1 aromatic heterocycles. The van der Waals surface area contributed by atoms with Gasteiger partial charge in [0.05, 0.1) is 11.7 Å². The van der Waals surface area contributed by atoms with E-state index >= 15 is 0 Å². The van der Waals surface area contributed by atoms with Gasteiger partial charge in [0.2, 0.25) is 5.91 Å². The number of amides is 1. The highest BCUT2D eigenvalue weighted by atomic mass is 16.2. The van der Waals surface area contributed by atoms with Crippen LogP contribution in [0.1, 0.15) is 68.7 Å². The Bertz CT molecular complexity index is 689. The Labute approximate surface area is 149 Å². The first-order chi connectivity index (χ1) is 12.3. The van der Waals surface area contributed by atoms with E-state index in [0.29, 0.717) is 17.9 Å². The summed E-state index contributed by atoms with van der Waals surface area (Å²) in [6.45, 7) is 0. The number of hydrogen-bond donors (Lipinski definition) is 0. The summed E-state index contributed by atoms with van der Waals surface area (Å²) in [5, 5.41) is 0. The van der Waals surface area contributed by atoms with Crippen LogP contribution in [-0.2, 0) is 11.2 Å². The second kappa shape index (κ2) is 5.28. The van der Waals surface area contributed by atoms with E-state index in [4.69, 9.17) is 0 Å². The monoisotopic (exact) mass is 337 g/mol. The molecule has 25 heavy (non-hydrogen) atoms. The lowest BCUT2D eigenvalue weighted by Crippen LogP contribution is -2.48. The number of carbonyl (C=O) groups is 1. The average Bonchev–Trinajstić information content (AvgIpc) is 2.92. The second-order valence-electron chi connectivity index (χ2n) is 9.48. The minimum absolute atomic E-state index is 0.249. The molecule has 0 spiro atoms. The predicted molar refractivity (Wildman–Crippen MR) is 93.5 cm³/mol. The first-order valence-corrected chi connectivity index (χ1v) is 10.4. The Balaban J connectivity index is 1.24. The molecule has 6 aliphatic rings. The average molecular weight is 337 g/mol. The van der Waals surface area contributed by atoms with Gasteiger partial charge in [0.1, 0.15) is 6.33 Å². The first kappa shape index (κ1) is 14.7. The third kappa shape index (κ3) is 2.15. The van der Waals surface area contributed by atoms with Gasteiger partial charge in [0, 0.05) is 30.6 Å². The fraction of sp³-hybridized carbons (Fsp3) is 0.762. The topological polar surface area (TPSA) is 46.1 Å². The molecule has 7 rings (SSSR count). The molecular weight excluding hydrogens is 310 g/mol. The van der Waals surface area contributed by atoms with Crippen LogP contribution in [0.2, 0.25) is 0 Å². The van der Waals surface area contributed by atoms with Gasteiger partial charge in [-0.25, -0.2) is 9.97 Å². The molecule has 3 heterocycles. The molecule has 0 N–H and O–H groups in total. The van der Waals surface area contributed by atoms with Crippen molar-refractivity contribution in [1.29, 1.82) is 0 Å².